The summed E-state index contributed by atoms with van der Waals surface area (Å²) in [6.07, 6.45) is 0. The van der Waals surface area contributed by atoms with Crippen LogP contribution in [0.4, 0.5) is 0 Å². The van der Waals surface area contributed by atoms with E-state index in [9.17, 15) is 5.11 Å². The van der Waals surface area contributed by atoms with E-state index in [2.05, 4.69) is 27.8 Å². The summed E-state index contributed by atoms with van der Waals surface area (Å²) in [5.41, 5.74) is 1.05. The van der Waals surface area contributed by atoms with Gasteiger partial charge in [-0.3, -0.25) is 4.90 Å². The zero-order valence-electron chi connectivity index (χ0n) is 13.1. The molecule has 5 nitrogen and oxygen atoms in total. The molecule has 0 fully saturated rings. The third kappa shape index (κ3) is 5.47. The molecular weight excluding hydrogens is 338 g/mol. The average Bonchev–Trinajstić information content (AvgIpc) is 2.47. The third-order valence-corrected chi connectivity index (χ3v) is 3.91. The number of hydrogen-bond donors (Lipinski definition) is 1. The Morgan fingerprint density at radius 2 is 1.95 bits per heavy atom. The number of ether oxygens (including phenoxy) is 3. The number of benzene rings is 1. The molecule has 6 heteroatoms. The van der Waals surface area contributed by atoms with E-state index >= 15 is 0 Å². The van der Waals surface area contributed by atoms with Gasteiger partial charge in [0.05, 0.1) is 24.8 Å². The van der Waals surface area contributed by atoms with Gasteiger partial charge in [0.15, 0.2) is 11.5 Å². The van der Waals surface area contributed by atoms with Gasteiger partial charge in [-0.05, 0) is 40.5 Å². The zero-order chi connectivity index (χ0) is 15.8. The predicted octanol–water partition coefficient (Wildman–Crippen LogP) is 2.65. The van der Waals surface area contributed by atoms with Crippen LogP contribution < -0.4 is 4.74 Å². The van der Waals surface area contributed by atoms with Crippen LogP contribution in [0.1, 0.15) is 12.5 Å². The maximum atomic E-state index is 9.87. The Bertz CT molecular complexity index is 442. The van der Waals surface area contributed by atoms with Crippen LogP contribution in [0.2, 0.25) is 0 Å². The van der Waals surface area contributed by atoms with Gasteiger partial charge >= 0.3 is 0 Å². The number of phenols is 1. The molecule has 120 valence electrons. The maximum absolute atomic E-state index is 9.87. The van der Waals surface area contributed by atoms with Gasteiger partial charge in [-0.25, -0.2) is 0 Å². The molecule has 0 aliphatic carbocycles. The number of hydrogen-bond acceptors (Lipinski definition) is 5. The lowest BCUT2D eigenvalue weighted by molar-refractivity contribution is 0.0704. The lowest BCUT2D eigenvalue weighted by Crippen LogP contribution is -2.38. The normalized spacial score (nSPS) is 12.7. The lowest BCUT2D eigenvalue weighted by atomic mass is 10.1. The SMILES string of the molecule is COCCN(Cc1cc(Br)c(O)c(OC)c1)C(C)COC. The minimum atomic E-state index is 0.120. The van der Waals surface area contributed by atoms with Gasteiger partial charge in [0, 0.05) is 33.4 Å². The van der Waals surface area contributed by atoms with Gasteiger partial charge in [-0.1, -0.05) is 0 Å². The van der Waals surface area contributed by atoms with Crippen molar-refractivity contribution in [3.63, 3.8) is 0 Å². The number of halogens is 1. The van der Waals surface area contributed by atoms with Crippen LogP contribution >= 0.6 is 15.9 Å². The summed E-state index contributed by atoms with van der Waals surface area (Å²) in [6, 6.07) is 4.01. The Morgan fingerprint density at radius 1 is 1.24 bits per heavy atom. The van der Waals surface area contributed by atoms with Crippen molar-refractivity contribution in [1.29, 1.82) is 0 Å². The first kappa shape index (κ1) is 18.2. The van der Waals surface area contributed by atoms with Gasteiger partial charge in [0.25, 0.3) is 0 Å². The quantitative estimate of drug-likeness (QED) is 0.732. The van der Waals surface area contributed by atoms with E-state index in [0.717, 1.165) is 18.7 Å². The van der Waals surface area contributed by atoms with E-state index in [1.807, 2.05) is 12.1 Å². The number of phenolic OH excluding ortho intramolecular Hbond substituents is 1. The largest absolute Gasteiger partial charge is 0.503 e. The molecule has 1 rings (SSSR count). The van der Waals surface area contributed by atoms with Crippen LogP contribution in [0.15, 0.2) is 16.6 Å². The van der Waals surface area contributed by atoms with Crippen molar-refractivity contribution in [2.24, 2.45) is 0 Å². The molecule has 1 atom stereocenters. The molecular formula is C15H24BrNO4. The monoisotopic (exact) mass is 361 g/mol. The van der Waals surface area contributed by atoms with E-state index in [1.54, 1.807) is 21.3 Å². The number of nitrogens with zero attached hydrogens (tertiary/aromatic N) is 1. The highest BCUT2D eigenvalue weighted by atomic mass is 79.9. The van der Waals surface area contributed by atoms with Gasteiger partial charge in [0.2, 0.25) is 0 Å². The van der Waals surface area contributed by atoms with Crippen molar-refractivity contribution in [2.75, 3.05) is 41.1 Å². The first-order valence-electron chi connectivity index (χ1n) is 6.80. The van der Waals surface area contributed by atoms with Crippen molar-refractivity contribution in [1.82, 2.24) is 4.90 Å². The number of methoxy groups -OCH3 is 3. The van der Waals surface area contributed by atoms with E-state index in [0.29, 0.717) is 23.4 Å². The standard InChI is InChI=1S/C15H24BrNO4/c1-11(10-20-3)17(5-6-19-2)9-12-7-13(16)15(18)14(8-12)21-4/h7-8,11,18H,5-6,9-10H2,1-4H3. The molecule has 0 aromatic heterocycles. The highest BCUT2D eigenvalue weighted by Gasteiger charge is 2.16. The van der Waals surface area contributed by atoms with Gasteiger partial charge in [-0.15, -0.1) is 0 Å². The Morgan fingerprint density at radius 3 is 2.52 bits per heavy atom. The molecule has 0 bridgehead atoms. The van der Waals surface area contributed by atoms with Gasteiger partial charge < -0.3 is 19.3 Å². The Kier molecular flexibility index (Phi) is 8.03. The molecule has 0 saturated carbocycles. The van der Waals surface area contributed by atoms with Crippen LogP contribution in [0.25, 0.3) is 0 Å². The molecule has 0 aliphatic heterocycles. The van der Waals surface area contributed by atoms with Gasteiger partial charge in [-0.2, -0.15) is 0 Å². The number of aromatic hydroxyl groups is 1. The van der Waals surface area contributed by atoms with Crippen LogP contribution in [0.5, 0.6) is 11.5 Å². The minimum absolute atomic E-state index is 0.120. The maximum Gasteiger partial charge on any atom is 0.172 e. The molecule has 1 aromatic rings. The first-order chi connectivity index (χ1) is 10.0. The highest BCUT2D eigenvalue weighted by molar-refractivity contribution is 9.10. The molecule has 0 amide bonds. The third-order valence-electron chi connectivity index (χ3n) is 3.31. The Labute approximate surface area is 134 Å². The topological polar surface area (TPSA) is 51.2 Å². The summed E-state index contributed by atoms with van der Waals surface area (Å²) in [5, 5.41) is 9.87. The summed E-state index contributed by atoms with van der Waals surface area (Å²) in [5.74, 6) is 0.583. The Hall–Kier alpha value is -0.820. The lowest BCUT2D eigenvalue weighted by Gasteiger charge is -2.28. The summed E-state index contributed by atoms with van der Waals surface area (Å²) in [7, 11) is 4.94. The zero-order valence-corrected chi connectivity index (χ0v) is 14.6. The second-order valence-corrected chi connectivity index (χ2v) is 5.75. The smallest absolute Gasteiger partial charge is 0.172 e. The minimum Gasteiger partial charge on any atom is -0.503 e. The summed E-state index contributed by atoms with van der Waals surface area (Å²) >= 11 is 3.35. The molecule has 0 radical (unpaired) electrons. The van der Waals surface area contributed by atoms with Crippen molar-refractivity contribution in [3.8, 4) is 11.5 Å². The van der Waals surface area contributed by atoms with E-state index < -0.39 is 0 Å². The molecule has 0 heterocycles. The van der Waals surface area contributed by atoms with Crippen molar-refractivity contribution in [2.45, 2.75) is 19.5 Å². The van der Waals surface area contributed by atoms with E-state index in [-0.39, 0.29) is 11.8 Å². The van der Waals surface area contributed by atoms with Crippen molar-refractivity contribution < 1.29 is 19.3 Å². The fraction of sp³-hybridized carbons (Fsp3) is 0.600. The van der Waals surface area contributed by atoms with Crippen LogP contribution in [0.3, 0.4) is 0 Å². The van der Waals surface area contributed by atoms with Crippen LogP contribution in [-0.4, -0.2) is 57.1 Å². The fourth-order valence-electron chi connectivity index (χ4n) is 2.12. The first-order valence-corrected chi connectivity index (χ1v) is 7.60. The van der Waals surface area contributed by atoms with Gasteiger partial charge in [0.1, 0.15) is 0 Å². The molecule has 0 aliphatic rings. The molecule has 1 aromatic carbocycles. The molecule has 21 heavy (non-hydrogen) atoms. The second kappa shape index (κ2) is 9.25. The summed E-state index contributed by atoms with van der Waals surface area (Å²) in [4.78, 5) is 2.27. The second-order valence-electron chi connectivity index (χ2n) is 4.90. The fourth-order valence-corrected chi connectivity index (χ4v) is 2.61. The van der Waals surface area contributed by atoms with Crippen LogP contribution in [-0.2, 0) is 16.0 Å². The highest BCUT2D eigenvalue weighted by Crippen LogP contribution is 2.35. The average molecular weight is 362 g/mol. The summed E-state index contributed by atoms with van der Waals surface area (Å²) in [6.45, 7) is 4.96. The molecule has 0 saturated heterocycles. The number of rotatable bonds is 9. The molecule has 1 N–H and O–H groups in total. The Balaban J connectivity index is 2.89. The summed E-state index contributed by atoms with van der Waals surface area (Å²) < 4.78 is 16.2. The molecule has 1 unspecified atom stereocenters. The van der Waals surface area contributed by atoms with Crippen molar-refractivity contribution in [3.05, 3.63) is 22.2 Å². The predicted molar refractivity (Wildman–Crippen MR) is 86.0 cm³/mol. The van der Waals surface area contributed by atoms with Crippen LogP contribution in [0, 0.1) is 0 Å². The van der Waals surface area contributed by atoms with E-state index in [1.165, 1.54) is 0 Å². The molecule has 0 spiro atoms. The van der Waals surface area contributed by atoms with E-state index in [4.69, 9.17) is 14.2 Å². The van der Waals surface area contributed by atoms with Crippen molar-refractivity contribution >= 4 is 15.9 Å².